The summed E-state index contributed by atoms with van der Waals surface area (Å²) in [5, 5.41) is 6.83. The van der Waals surface area contributed by atoms with Crippen molar-refractivity contribution in [3.63, 3.8) is 0 Å². The lowest BCUT2D eigenvalue weighted by Gasteiger charge is -2.26. The van der Waals surface area contributed by atoms with Gasteiger partial charge in [0.15, 0.2) is 6.40 Å². The van der Waals surface area contributed by atoms with E-state index in [2.05, 4.69) is 4.90 Å². The monoisotopic (exact) mass is 220 g/mol. The van der Waals surface area contributed by atoms with Gasteiger partial charge in [-0.1, -0.05) is 12.1 Å². The zero-order valence-electron chi connectivity index (χ0n) is 9.19. The highest BCUT2D eigenvalue weighted by Gasteiger charge is 2.10. The summed E-state index contributed by atoms with van der Waals surface area (Å²) >= 11 is 0. The molecule has 1 aromatic rings. The molecular weight excluding hydrogens is 204 g/mol. The van der Waals surface area contributed by atoms with Crippen LogP contribution in [0.1, 0.15) is 5.56 Å². The van der Waals surface area contributed by atoms with Crippen molar-refractivity contribution in [3.05, 3.63) is 29.8 Å². The van der Waals surface area contributed by atoms with Crippen LogP contribution in [0.4, 0.5) is 0 Å². The van der Waals surface area contributed by atoms with E-state index in [0.717, 1.165) is 39.2 Å². The molecule has 4 nitrogen and oxygen atoms in total. The van der Waals surface area contributed by atoms with Crippen LogP contribution in [0.2, 0.25) is 0 Å². The Morgan fingerprint density at radius 3 is 2.56 bits per heavy atom. The van der Waals surface area contributed by atoms with Crippen molar-refractivity contribution in [3.8, 4) is 5.75 Å². The standard InChI is InChI=1S/C12H16N2O2/c13-10-16-12-3-1-11(2-4-12)9-14-5-7-15-8-6-14/h1-4,10,13H,5-9H2. The molecule has 1 heterocycles. The first-order valence-corrected chi connectivity index (χ1v) is 5.43. The highest BCUT2D eigenvalue weighted by molar-refractivity contribution is 5.48. The number of nitrogens with one attached hydrogen (secondary N) is 1. The summed E-state index contributed by atoms with van der Waals surface area (Å²) in [6.07, 6.45) is 0.941. The summed E-state index contributed by atoms with van der Waals surface area (Å²) in [6.45, 7) is 4.61. The van der Waals surface area contributed by atoms with Crippen LogP contribution in [0, 0.1) is 5.41 Å². The minimum atomic E-state index is 0.709. The van der Waals surface area contributed by atoms with Crippen molar-refractivity contribution in [2.24, 2.45) is 0 Å². The van der Waals surface area contributed by atoms with E-state index in [-0.39, 0.29) is 0 Å². The van der Waals surface area contributed by atoms with Crippen molar-refractivity contribution in [1.82, 2.24) is 4.90 Å². The van der Waals surface area contributed by atoms with Crippen molar-refractivity contribution >= 4 is 6.40 Å². The molecule has 86 valence electrons. The van der Waals surface area contributed by atoms with E-state index < -0.39 is 0 Å². The summed E-state index contributed by atoms with van der Waals surface area (Å²) in [5.74, 6) is 0.709. The van der Waals surface area contributed by atoms with Crippen LogP contribution in [0.25, 0.3) is 0 Å². The van der Waals surface area contributed by atoms with Gasteiger partial charge in [0.2, 0.25) is 0 Å². The van der Waals surface area contributed by atoms with Gasteiger partial charge >= 0.3 is 0 Å². The predicted molar refractivity (Wildman–Crippen MR) is 61.9 cm³/mol. The van der Waals surface area contributed by atoms with Crippen LogP contribution >= 0.6 is 0 Å². The molecule has 0 amide bonds. The molecular formula is C12H16N2O2. The SMILES string of the molecule is N=COc1ccc(CN2CCOCC2)cc1. The first-order valence-electron chi connectivity index (χ1n) is 5.43. The molecule has 1 saturated heterocycles. The van der Waals surface area contributed by atoms with Gasteiger partial charge in [-0.25, -0.2) is 0 Å². The molecule has 0 radical (unpaired) electrons. The number of rotatable bonds is 4. The maximum atomic E-state index is 6.83. The Balaban J connectivity index is 1.90. The molecule has 2 rings (SSSR count). The van der Waals surface area contributed by atoms with Gasteiger partial charge in [0.1, 0.15) is 5.75 Å². The number of hydrogen-bond acceptors (Lipinski definition) is 4. The van der Waals surface area contributed by atoms with E-state index in [1.54, 1.807) is 0 Å². The molecule has 0 aliphatic carbocycles. The highest BCUT2D eigenvalue weighted by Crippen LogP contribution is 2.13. The second-order valence-electron chi connectivity index (χ2n) is 3.77. The van der Waals surface area contributed by atoms with E-state index in [4.69, 9.17) is 14.9 Å². The van der Waals surface area contributed by atoms with Crippen molar-refractivity contribution in [1.29, 1.82) is 5.41 Å². The summed E-state index contributed by atoms with van der Waals surface area (Å²) in [4.78, 5) is 2.37. The minimum absolute atomic E-state index is 0.709. The lowest BCUT2D eigenvalue weighted by atomic mass is 10.2. The van der Waals surface area contributed by atoms with Gasteiger partial charge in [-0.05, 0) is 17.7 Å². The fourth-order valence-corrected chi connectivity index (χ4v) is 1.76. The zero-order chi connectivity index (χ0) is 11.2. The van der Waals surface area contributed by atoms with Crippen LogP contribution in [0.5, 0.6) is 5.75 Å². The third-order valence-electron chi connectivity index (χ3n) is 2.63. The van der Waals surface area contributed by atoms with Crippen molar-refractivity contribution in [2.45, 2.75) is 6.54 Å². The lowest BCUT2D eigenvalue weighted by molar-refractivity contribution is 0.0342. The third-order valence-corrected chi connectivity index (χ3v) is 2.63. The maximum absolute atomic E-state index is 6.83. The third kappa shape index (κ3) is 3.05. The molecule has 4 heteroatoms. The highest BCUT2D eigenvalue weighted by atomic mass is 16.5. The van der Waals surface area contributed by atoms with Crippen LogP contribution in [-0.2, 0) is 11.3 Å². The van der Waals surface area contributed by atoms with Crippen LogP contribution in [0.3, 0.4) is 0 Å². The molecule has 1 aliphatic rings. The second kappa shape index (κ2) is 5.63. The van der Waals surface area contributed by atoms with E-state index in [0.29, 0.717) is 5.75 Å². The summed E-state index contributed by atoms with van der Waals surface area (Å²) in [6, 6.07) is 7.85. The smallest absolute Gasteiger partial charge is 0.173 e. The molecule has 16 heavy (non-hydrogen) atoms. The quantitative estimate of drug-likeness (QED) is 0.618. The first kappa shape index (κ1) is 11.1. The summed E-state index contributed by atoms with van der Waals surface area (Å²) in [5.41, 5.74) is 1.26. The van der Waals surface area contributed by atoms with Gasteiger partial charge in [-0.15, -0.1) is 0 Å². The molecule has 0 aromatic heterocycles. The lowest BCUT2D eigenvalue weighted by Crippen LogP contribution is -2.35. The molecule has 0 spiro atoms. The Morgan fingerprint density at radius 1 is 1.25 bits per heavy atom. The normalized spacial score (nSPS) is 17.0. The molecule has 1 fully saturated rings. The van der Waals surface area contributed by atoms with E-state index in [9.17, 15) is 0 Å². The van der Waals surface area contributed by atoms with Crippen LogP contribution < -0.4 is 4.74 Å². The molecule has 1 aromatic carbocycles. The fraction of sp³-hybridized carbons (Fsp3) is 0.417. The number of ether oxygens (including phenoxy) is 2. The largest absolute Gasteiger partial charge is 0.446 e. The van der Waals surface area contributed by atoms with Gasteiger partial charge in [0.05, 0.1) is 13.2 Å². The number of benzene rings is 1. The van der Waals surface area contributed by atoms with Gasteiger partial charge in [-0.2, -0.15) is 0 Å². The number of hydrogen-bond donors (Lipinski definition) is 1. The Hall–Kier alpha value is -1.39. The van der Waals surface area contributed by atoms with E-state index in [1.165, 1.54) is 5.56 Å². The van der Waals surface area contributed by atoms with Crippen molar-refractivity contribution < 1.29 is 9.47 Å². The topological polar surface area (TPSA) is 45.5 Å². The first-order chi connectivity index (χ1) is 7.88. The molecule has 0 saturated carbocycles. The van der Waals surface area contributed by atoms with Gasteiger partial charge < -0.3 is 9.47 Å². The molecule has 1 N–H and O–H groups in total. The average Bonchev–Trinajstić information content (AvgIpc) is 2.33. The Kier molecular flexibility index (Phi) is 3.91. The Bertz CT molecular complexity index is 331. The van der Waals surface area contributed by atoms with Crippen LogP contribution in [0.15, 0.2) is 24.3 Å². The average molecular weight is 220 g/mol. The summed E-state index contributed by atoms with van der Waals surface area (Å²) < 4.78 is 10.3. The van der Waals surface area contributed by atoms with Gasteiger partial charge in [0.25, 0.3) is 0 Å². The number of morpholine rings is 1. The van der Waals surface area contributed by atoms with E-state index in [1.807, 2.05) is 24.3 Å². The minimum Gasteiger partial charge on any atom is -0.446 e. The molecule has 0 bridgehead atoms. The number of nitrogens with zero attached hydrogens (tertiary/aromatic N) is 1. The molecule has 1 aliphatic heterocycles. The molecule has 0 unspecified atom stereocenters. The van der Waals surface area contributed by atoms with Gasteiger partial charge in [0, 0.05) is 19.6 Å². The fourth-order valence-electron chi connectivity index (χ4n) is 1.76. The zero-order valence-corrected chi connectivity index (χ0v) is 9.19. The summed E-state index contributed by atoms with van der Waals surface area (Å²) in [7, 11) is 0. The Labute approximate surface area is 95.3 Å². The van der Waals surface area contributed by atoms with Crippen LogP contribution in [-0.4, -0.2) is 37.6 Å². The predicted octanol–water partition coefficient (Wildman–Crippen LogP) is 1.50. The maximum Gasteiger partial charge on any atom is 0.173 e. The van der Waals surface area contributed by atoms with Gasteiger partial charge in [-0.3, -0.25) is 10.3 Å². The molecule has 0 atom stereocenters. The van der Waals surface area contributed by atoms with Crippen molar-refractivity contribution in [2.75, 3.05) is 26.3 Å². The van der Waals surface area contributed by atoms with E-state index >= 15 is 0 Å². The Morgan fingerprint density at radius 2 is 1.94 bits per heavy atom. The second-order valence-corrected chi connectivity index (χ2v) is 3.77.